The molecule has 2 N–H and O–H groups in total. The molecular formula is C23H30Cl3NO4S. The van der Waals surface area contributed by atoms with Crippen molar-refractivity contribution in [2.45, 2.75) is 38.6 Å². The number of rotatable bonds is 12. The number of nitrogens with two attached hydrogens (primary N) is 1. The van der Waals surface area contributed by atoms with E-state index in [1.807, 2.05) is 36.4 Å². The van der Waals surface area contributed by atoms with Crippen molar-refractivity contribution >= 4 is 44.6 Å². The lowest BCUT2D eigenvalue weighted by atomic mass is 9.78. The summed E-state index contributed by atoms with van der Waals surface area (Å²) < 4.78 is 34.7. The van der Waals surface area contributed by atoms with Gasteiger partial charge in [-0.25, -0.2) is 8.42 Å². The van der Waals surface area contributed by atoms with Gasteiger partial charge in [0.05, 0.1) is 28.4 Å². The minimum atomic E-state index is -3.14. The lowest BCUT2D eigenvalue weighted by Gasteiger charge is -2.27. The van der Waals surface area contributed by atoms with Crippen molar-refractivity contribution in [3.05, 3.63) is 57.6 Å². The molecule has 2 aromatic rings. The highest BCUT2D eigenvalue weighted by Crippen LogP contribution is 2.40. The third-order valence-electron chi connectivity index (χ3n) is 5.19. The maximum absolute atomic E-state index is 11.7. The zero-order valence-corrected chi connectivity index (χ0v) is 21.6. The van der Waals surface area contributed by atoms with Gasteiger partial charge in [0.1, 0.15) is 12.4 Å². The van der Waals surface area contributed by atoms with Gasteiger partial charge in [-0.2, -0.15) is 0 Å². The van der Waals surface area contributed by atoms with E-state index in [2.05, 4.69) is 13.8 Å². The molecular weight excluding hydrogens is 493 g/mol. The molecule has 5 nitrogen and oxygen atoms in total. The highest BCUT2D eigenvalue weighted by atomic mass is 35.5. The molecule has 32 heavy (non-hydrogen) atoms. The molecule has 0 heterocycles. The Morgan fingerprint density at radius 1 is 1.03 bits per heavy atom. The monoisotopic (exact) mass is 521 g/mol. The lowest BCUT2D eigenvalue weighted by molar-refractivity contribution is 0.296. The molecule has 0 aliphatic rings. The minimum absolute atomic E-state index is 0.0685. The zero-order valence-electron chi connectivity index (χ0n) is 18.5. The third kappa shape index (κ3) is 7.42. The predicted octanol–water partition coefficient (Wildman–Crippen LogP) is 5.47. The summed E-state index contributed by atoms with van der Waals surface area (Å²) in [6.07, 6.45) is 0.704. The summed E-state index contributed by atoms with van der Waals surface area (Å²) in [5.74, 6) is 1.56. The number of alkyl halides is 1. The molecule has 0 aliphatic carbocycles. The summed E-state index contributed by atoms with van der Waals surface area (Å²) in [4.78, 5) is 0. The molecule has 1 atom stereocenters. The maximum atomic E-state index is 11.7. The molecule has 2 aromatic carbocycles. The fourth-order valence-corrected chi connectivity index (χ4v) is 4.81. The first-order valence-electron chi connectivity index (χ1n) is 10.4. The molecule has 0 aliphatic heterocycles. The first-order valence-corrected chi connectivity index (χ1v) is 13.5. The third-order valence-corrected chi connectivity index (χ3v) is 7.84. The van der Waals surface area contributed by atoms with E-state index in [1.54, 1.807) is 6.92 Å². The van der Waals surface area contributed by atoms with Gasteiger partial charge in [-0.05, 0) is 41.8 Å². The van der Waals surface area contributed by atoms with Crippen LogP contribution in [-0.4, -0.2) is 45.1 Å². The molecule has 0 bridgehead atoms. The van der Waals surface area contributed by atoms with Crippen molar-refractivity contribution in [1.82, 2.24) is 0 Å². The lowest BCUT2D eigenvalue weighted by Crippen LogP contribution is -2.35. The molecule has 0 spiro atoms. The van der Waals surface area contributed by atoms with E-state index in [0.29, 0.717) is 40.5 Å². The first kappa shape index (κ1) is 27.1. The van der Waals surface area contributed by atoms with Crippen molar-refractivity contribution in [1.29, 1.82) is 0 Å². The van der Waals surface area contributed by atoms with Crippen LogP contribution in [0.5, 0.6) is 11.5 Å². The Balaban J connectivity index is 2.11. The molecule has 0 aromatic heterocycles. The number of hydrogen-bond acceptors (Lipinski definition) is 5. The van der Waals surface area contributed by atoms with Gasteiger partial charge in [0.15, 0.2) is 15.6 Å². The van der Waals surface area contributed by atoms with Crippen LogP contribution in [0.2, 0.25) is 10.0 Å². The summed E-state index contributed by atoms with van der Waals surface area (Å²) in [5, 5.41) is 0.900. The van der Waals surface area contributed by atoms with E-state index >= 15 is 0 Å². The van der Waals surface area contributed by atoms with Crippen LogP contribution < -0.4 is 15.2 Å². The van der Waals surface area contributed by atoms with Crippen molar-refractivity contribution in [2.24, 2.45) is 5.73 Å². The van der Waals surface area contributed by atoms with Gasteiger partial charge in [0, 0.05) is 17.0 Å². The van der Waals surface area contributed by atoms with Crippen molar-refractivity contribution < 1.29 is 17.9 Å². The maximum Gasteiger partial charge on any atom is 0.156 e. The normalized spacial score (nSPS) is 13.1. The van der Waals surface area contributed by atoms with Gasteiger partial charge < -0.3 is 15.2 Å². The van der Waals surface area contributed by atoms with Crippen LogP contribution >= 0.6 is 34.8 Å². The molecule has 0 saturated heterocycles. The second-order valence-electron chi connectivity index (χ2n) is 8.08. The molecule has 0 saturated carbocycles. The van der Waals surface area contributed by atoms with Crippen molar-refractivity contribution in [3.8, 4) is 11.5 Å². The molecule has 0 fully saturated rings. The summed E-state index contributed by atoms with van der Waals surface area (Å²) in [7, 11) is -3.14. The fraction of sp³-hybridized carbons (Fsp3) is 0.478. The summed E-state index contributed by atoms with van der Waals surface area (Å²) in [6, 6.07) is 10.7. The average molecular weight is 523 g/mol. The van der Waals surface area contributed by atoms with Gasteiger partial charge in [-0.1, -0.05) is 56.1 Å². The van der Waals surface area contributed by atoms with Gasteiger partial charge in [-0.15, -0.1) is 11.6 Å². The smallest absolute Gasteiger partial charge is 0.156 e. The number of sulfone groups is 1. The molecule has 0 unspecified atom stereocenters. The quantitative estimate of drug-likeness (QED) is 0.295. The van der Waals surface area contributed by atoms with Gasteiger partial charge in [0.2, 0.25) is 0 Å². The van der Waals surface area contributed by atoms with Crippen molar-refractivity contribution in [2.75, 3.05) is 30.6 Å². The second-order valence-corrected chi connectivity index (χ2v) is 11.7. The molecule has 0 radical (unpaired) electrons. The molecule has 9 heteroatoms. The standard InChI is InChI=1S/C23H30Cl3NO4S/c1-4-32(28,29)15-18(27)14-31-19-8-6-16(7-9-19)23(2,3)17-12-20(25)22(21(26)13-17)30-11-5-10-24/h6-9,12-13,18H,4-5,10-11,14-15,27H2,1-3H3/t18-/m1/s1. The Labute approximate surface area is 206 Å². The van der Waals surface area contributed by atoms with Crippen LogP contribution in [0.3, 0.4) is 0 Å². The summed E-state index contributed by atoms with van der Waals surface area (Å²) in [5.41, 5.74) is 7.48. The average Bonchev–Trinajstić information content (AvgIpc) is 2.74. The van der Waals surface area contributed by atoms with E-state index in [1.165, 1.54) is 0 Å². The SMILES string of the molecule is CCS(=O)(=O)C[C@H](N)COc1ccc(C(C)(C)c2cc(Cl)c(OCCCCl)c(Cl)c2)cc1. The van der Waals surface area contributed by atoms with E-state index in [9.17, 15) is 8.42 Å². The molecule has 2 rings (SSSR count). The Morgan fingerprint density at radius 2 is 1.62 bits per heavy atom. The Bertz CT molecular complexity index is 972. The molecule has 178 valence electrons. The van der Waals surface area contributed by atoms with Gasteiger partial charge >= 0.3 is 0 Å². The predicted molar refractivity (Wildman–Crippen MR) is 134 cm³/mol. The van der Waals surface area contributed by atoms with Gasteiger partial charge in [-0.3, -0.25) is 0 Å². The minimum Gasteiger partial charge on any atom is -0.492 e. The fourth-order valence-electron chi connectivity index (χ4n) is 3.12. The van der Waals surface area contributed by atoms with Gasteiger partial charge in [0.25, 0.3) is 0 Å². The number of halogens is 3. The molecule has 0 amide bonds. The summed E-state index contributed by atoms with van der Waals surface area (Å²) in [6.45, 7) is 6.32. The van der Waals surface area contributed by atoms with E-state index < -0.39 is 15.9 Å². The first-order chi connectivity index (χ1) is 15.0. The van der Waals surface area contributed by atoms with E-state index in [-0.39, 0.29) is 23.5 Å². The van der Waals surface area contributed by atoms with Crippen LogP contribution in [-0.2, 0) is 15.3 Å². The van der Waals surface area contributed by atoms with Crippen molar-refractivity contribution in [3.63, 3.8) is 0 Å². The highest BCUT2D eigenvalue weighted by Gasteiger charge is 2.26. The van der Waals surface area contributed by atoms with Crippen LogP contribution in [0.15, 0.2) is 36.4 Å². The second kappa shape index (κ2) is 11.8. The highest BCUT2D eigenvalue weighted by molar-refractivity contribution is 7.91. The number of hydrogen-bond donors (Lipinski definition) is 1. The van der Waals surface area contributed by atoms with E-state index in [0.717, 1.165) is 11.1 Å². The van der Waals surface area contributed by atoms with Crippen LogP contribution in [0.25, 0.3) is 0 Å². The zero-order chi connectivity index (χ0) is 23.9. The number of ether oxygens (including phenoxy) is 2. The topological polar surface area (TPSA) is 78.6 Å². The Morgan fingerprint density at radius 3 is 2.16 bits per heavy atom. The Kier molecular flexibility index (Phi) is 9.98. The van der Waals surface area contributed by atoms with E-state index in [4.69, 9.17) is 50.0 Å². The largest absolute Gasteiger partial charge is 0.492 e. The Hall–Kier alpha value is -1.18. The van der Waals surface area contributed by atoms with Crippen LogP contribution in [0.1, 0.15) is 38.3 Å². The number of benzene rings is 2. The van der Waals surface area contributed by atoms with Crippen LogP contribution in [0, 0.1) is 0 Å². The summed E-state index contributed by atoms with van der Waals surface area (Å²) >= 11 is 18.6. The van der Waals surface area contributed by atoms with Crippen LogP contribution in [0.4, 0.5) is 0 Å².